The Morgan fingerprint density at radius 1 is 2.00 bits per heavy atom. The molecule has 0 saturated heterocycles. The second-order valence-electron chi connectivity index (χ2n) is 0.650. The molecule has 0 aromatic carbocycles. The molecule has 0 N–H and O–H groups in total. The molecule has 6 heavy (non-hydrogen) atoms. The maximum Gasteiger partial charge on any atom is 0.430 e. The number of rotatable bonds is 1. The predicted molar refractivity (Wildman–Crippen MR) is 41.6 cm³/mol. The summed E-state index contributed by atoms with van der Waals surface area (Å²) in [5.41, 5.74) is 0. The van der Waals surface area contributed by atoms with Gasteiger partial charge in [0.25, 0.3) is 0 Å². The second-order valence-corrected chi connectivity index (χ2v) is 19.2. The van der Waals surface area contributed by atoms with Crippen molar-refractivity contribution in [2.45, 2.75) is 0 Å². The van der Waals surface area contributed by atoms with E-state index >= 15 is 0 Å². The highest BCUT2D eigenvalue weighted by Gasteiger charge is 2.21. The monoisotopic (exact) mass is 300 g/mol. The first-order chi connectivity index (χ1) is 2.56. The molecule has 0 heterocycles. The van der Waals surface area contributed by atoms with Crippen molar-refractivity contribution < 1.29 is 4.43 Å². The SMILES string of the molecule is CO[Si](Cl)(Br)I. The van der Waals surface area contributed by atoms with Crippen LogP contribution in [0.1, 0.15) is 0 Å². The fourth-order valence-electron chi connectivity index (χ4n) is 0. The van der Waals surface area contributed by atoms with Gasteiger partial charge in [-0.2, -0.15) is 0 Å². The lowest BCUT2D eigenvalue weighted by Gasteiger charge is -2.01. The van der Waals surface area contributed by atoms with Gasteiger partial charge in [0.15, 0.2) is 0 Å². The normalized spacial score (nSPS) is 20.0. The molecule has 0 saturated carbocycles. The van der Waals surface area contributed by atoms with Crippen molar-refractivity contribution in [1.82, 2.24) is 0 Å². The lowest BCUT2D eigenvalue weighted by Crippen LogP contribution is -2.09. The van der Waals surface area contributed by atoms with Crippen molar-refractivity contribution in [3.05, 3.63) is 0 Å². The van der Waals surface area contributed by atoms with E-state index in [1.165, 1.54) is 0 Å². The van der Waals surface area contributed by atoms with Crippen LogP contribution in [-0.4, -0.2) is 10.9 Å². The van der Waals surface area contributed by atoms with Crippen molar-refractivity contribution in [1.29, 1.82) is 0 Å². The molecule has 0 aliphatic heterocycles. The van der Waals surface area contributed by atoms with E-state index in [1.54, 1.807) is 7.11 Å². The van der Waals surface area contributed by atoms with Gasteiger partial charge in [-0.1, -0.05) is 37.1 Å². The van der Waals surface area contributed by atoms with Crippen LogP contribution >= 0.6 is 48.2 Å². The summed E-state index contributed by atoms with van der Waals surface area (Å²) in [5.74, 6) is 0. The molecule has 1 atom stereocenters. The van der Waals surface area contributed by atoms with Crippen LogP contribution in [0, 0.1) is 0 Å². The van der Waals surface area contributed by atoms with E-state index in [9.17, 15) is 0 Å². The van der Waals surface area contributed by atoms with Gasteiger partial charge in [-0.05, 0) is 0 Å². The van der Waals surface area contributed by atoms with E-state index in [0.717, 1.165) is 0 Å². The standard InChI is InChI=1S/CH3BrClIOSi/c1-5-6(2,3)4/h1H3. The highest BCUT2D eigenvalue weighted by Crippen LogP contribution is 2.24. The van der Waals surface area contributed by atoms with E-state index in [1.807, 2.05) is 21.8 Å². The van der Waals surface area contributed by atoms with Crippen LogP contribution in [0.25, 0.3) is 0 Å². The molecule has 0 aliphatic rings. The first-order valence-electron chi connectivity index (χ1n) is 1.18. The van der Waals surface area contributed by atoms with Gasteiger partial charge in [0, 0.05) is 7.11 Å². The van der Waals surface area contributed by atoms with E-state index < -0.39 is 3.74 Å². The fourth-order valence-corrected chi connectivity index (χ4v) is 0. The third-order valence-electron chi connectivity index (χ3n) is 0.231. The zero-order valence-electron chi connectivity index (χ0n) is 3.04. The highest BCUT2D eigenvalue weighted by molar-refractivity contribution is 14.1. The number of hydrogen-bond acceptors (Lipinski definition) is 1. The average Bonchev–Trinajstić information content (AvgIpc) is 1.35. The molecular formula is CH3BrClIOSi. The maximum absolute atomic E-state index is 5.54. The van der Waals surface area contributed by atoms with Crippen LogP contribution in [0.3, 0.4) is 0 Å². The van der Waals surface area contributed by atoms with E-state index in [-0.39, 0.29) is 0 Å². The Morgan fingerprint density at radius 3 is 2.17 bits per heavy atom. The minimum Gasteiger partial charge on any atom is -0.392 e. The van der Waals surface area contributed by atoms with Crippen LogP contribution in [0.4, 0.5) is 0 Å². The van der Waals surface area contributed by atoms with Crippen LogP contribution in [-0.2, 0) is 4.43 Å². The molecule has 1 nitrogen and oxygen atoms in total. The molecular weight excluding hydrogens is 298 g/mol. The van der Waals surface area contributed by atoms with Gasteiger partial charge in [0.05, 0.1) is 0 Å². The topological polar surface area (TPSA) is 9.23 Å². The molecule has 0 amide bonds. The zero-order chi connectivity index (χ0) is 5.21. The van der Waals surface area contributed by atoms with Gasteiger partial charge in [-0.3, -0.25) is 0 Å². The van der Waals surface area contributed by atoms with Gasteiger partial charge < -0.3 is 4.43 Å². The summed E-state index contributed by atoms with van der Waals surface area (Å²) < 4.78 is 2.87. The fraction of sp³-hybridized carbons (Fsp3) is 1.00. The molecule has 0 radical (unpaired) electrons. The smallest absolute Gasteiger partial charge is 0.392 e. The lowest BCUT2D eigenvalue weighted by molar-refractivity contribution is 0.448. The van der Waals surface area contributed by atoms with Gasteiger partial charge in [0.2, 0.25) is 0 Å². The van der Waals surface area contributed by atoms with Crippen LogP contribution in [0.15, 0.2) is 0 Å². The molecule has 0 spiro atoms. The van der Waals surface area contributed by atoms with Crippen molar-refractivity contribution >= 4 is 51.9 Å². The Labute approximate surface area is 63.0 Å². The first-order valence-corrected chi connectivity index (χ1v) is 9.47. The Bertz CT molecular complexity index is 45.3. The highest BCUT2D eigenvalue weighted by atomic mass is 127. The van der Waals surface area contributed by atoms with E-state index in [4.69, 9.17) is 15.5 Å². The summed E-state index contributed by atoms with van der Waals surface area (Å²) in [5, 5.41) is 0. The Morgan fingerprint density at radius 2 is 2.17 bits per heavy atom. The summed E-state index contributed by atoms with van der Waals surface area (Å²) in [7, 11) is 1.58. The predicted octanol–water partition coefficient (Wildman–Crippen LogP) is 2.14. The molecule has 0 bridgehead atoms. The summed E-state index contributed by atoms with van der Waals surface area (Å²) in [6.45, 7) is 0. The molecule has 0 fully saturated rings. The largest absolute Gasteiger partial charge is 0.430 e. The summed E-state index contributed by atoms with van der Waals surface area (Å²) in [6.07, 6.45) is 0. The molecule has 0 aromatic heterocycles. The zero-order valence-corrected chi connectivity index (χ0v) is 8.54. The van der Waals surface area contributed by atoms with Crippen LogP contribution < -0.4 is 0 Å². The van der Waals surface area contributed by atoms with Crippen LogP contribution in [0.5, 0.6) is 0 Å². The van der Waals surface area contributed by atoms with Crippen LogP contribution in [0.2, 0.25) is 0 Å². The van der Waals surface area contributed by atoms with Gasteiger partial charge in [-0.15, -0.1) is 11.1 Å². The molecule has 1 unspecified atom stereocenters. The Kier molecular flexibility index (Phi) is 3.66. The minimum absolute atomic E-state index is 1.58. The van der Waals surface area contributed by atoms with Gasteiger partial charge in [-0.25, -0.2) is 0 Å². The first kappa shape index (κ1) is 7.68. The molecule has 0 rings (SSSR count). The Balaban J connectivity index is 3.17. The third kappa shape index (κ3) is 5.68. The van der Waals surface area contributed by atoms with Crippen molar-refractivity contribution in [2.24, 2.45) is 0 Å². The summed E-state index contributed by atoms with van der Waals surface area (Å²) in [6, 6.07) is 0. The average molecular weight is 301 g/mol. The molecule has 38 valence electrons. The molecule has 0 aromatic rings. The summed E-state index contributed by atoms with van der Waals surface area (Å²) in [4.78, 5) is 0. The quantitative estimate of drug-likeness (QED) is 0.410. The minimum atomic E-state index is -1.88. The number of hydrogen-bond donors (Lipinski definition) is 0. The molecule has 0 aliphatic carbocycles. The summed E-state index contributed by atoms with van der Waals surface area (Å²) >= 11 is 10.7. The second kappa shape index (κ2) is 2.86. The van der Waals surface area contributed by atoms with Gasteiger partial charge in [0.1, 0.15) is 0 Å². The van der Waals surface area contributed by atoms with Crippen molar-refractivity contribution in [3.63, 3.8) is 0 Å². The van der Waals surface area contributed by atoms with Crippen molar-refractivity contribution in [3.8, 4) is 0 Å². The lowest BCUT2D eigenvalue weighted by atomic mass is 11.8. The van der Waals surface area contributed by atoms with E-state index in [0.29, 0.717) is 0 Å². The maximum atomic E-state index is 5.54. The number of halogens is 3. The Hall–Kier alpha value is 1.68. The van der Waals surface area contributed by atoms with Gasteiger partial charge >= 0.3 is 3.74 Å². The third-order valence-corrected chi connectivity index (χ3v) is 3.45. The molecule has 5 heteroatoms. The van der Waals surface area contributed by atoms with Crippen molar-refractivity contribution in [2.75, 3.05) is 7.11 Å². The van der Waals surface area contributed by atoms with E-state index in [2.05, 4.69) is 15.3 Å².